The monoisotopic (exact) mass is 558 g/mol. The van der Waals surface area contributed by atoms with Crippen molar-refractivity contribution in [1.29, 1.82) is 5.26 Å². The van der Waals surface area contributed by atoms with Gasteiger partial charge >= 0.3 is 6.18 Å². The summed E-state index contributed by atoms with van der Waals surface area (Å²) >= 11 is 6.28. The van der Waals surface area contributed by atoms with Crippen molar-refractivity contribution in [1.82, 2.24) is 40.3 Å². The highest BCUT2D eigenvalue weighted by Crippen LogP contribution is 2.26. The Bertz CT molecular complexity index is 1610. The van der Waals surface area contributed by atoms with Gasteiger partial charge in [-0.1, -0.05) is 11.6 Å². The highest BCUT2D eigenvalue weighted by molar-refractivity contribution is 6.32. The highest BCUT2D eigenvalue weighted by atomic mass is 35.5. The summed E-state index contributed by atoms with van der Waals surface area (Å²) in [5.74, 6) is -2.28. The fourth-order valence-electron chi connectivity index (χ4n) is 3.64. The average molecular weight is 559 g/mol. The summed E-state index contributed by atoms with van der Waals surface area (Å²) < 4.78 is 39.9. The Labute approximate surface area is 223 Å². The number of aryl methyl sites for hydroxylation is 1. The number of nitrogens with one attached hydrogen (secondary N) is 2. The summed E-state index contributed by atoms with van der Waals surface area (Å²) in [7, 11) is 1.42. The number of halogens is 4. The van der Waals surface area contributed by atoms with Gasteiger partial charge in [-0.05, 0) is 48.0 Å². The number of benzene rings is 1. The summed E-state index contributed by atoms with van der Waals surface area (Å²) in [5.41, 5.74) is 1.53. The maximum atomic E-state index is 13.1. The molecule has 0 radical (unpaired) electrons. The van der Waals surface area contributed by atoms with Crippen LogP contribution in [-0.4, -0.2) is 53.8 Å². The third kappa shape index (κ3) is 6.02. The van der Waals surface area contributed by atoms with Crippen molar-refractivity contribution in [2.24, 2.45) is 0 Å². The van der Waals surface area contributed by atoms with Crippen molar-refractivity contribution < 1.29 is 22.8 Å². The van der Waals surface area contributed by atoms with Crippen LogP contribution in [0.1, 0.15) is 38.7 Å². The molecule has 0 bridgehead atoms. The number of alkyl halides is 3. The molecule has 4 rings (SSSR count). The maximum Gasteiger partial charge on any atom is 0.455 e. The van der Waals surface area contributed by atoms with E-state index in [1.807, 2.05) is 6.07 Å². The number of carbonyl (C=O) groups excluding carboxylic acids is 2. The van der Waals surface area contributed by atoms with E-state index >= 15 is 0 Å². The van der Waals surface area contributed by atoms with Crippen LogP contribution in [0.3, 0.4) is 0 Å². The quantitative estimate of drug-likeness (QED) is 0.350. The molecular formula is C23H18ClF3N10O2. The lowest BCUT2D eigenvalue weighted by molar-refractivity contribution is -0.145. The first-order valence-corrected chi connectivity index (χ1v) is 11.5. The highest BCUT2D eigenvalue weighted by Gasteiger charge is 2.36. The maximum absolute atomic E-state index is 13.1. The van der Waals surface area contributed by atoms with Gasteiger partial charge in [-0.2, -0.15) is 28.3 Å². The molecule has 3 heterocycles. The molecule has 200 valence electrons. The number of nitrogens with zero attached hydrogens (tertiary/aromatic N) is 8. The Morgan fingerprint density at radius 3 is 2.62 bits per heavy atom. The molecule has 3 aromatic heterocycles. The lowest BCUT2D eigenvalue weighted by Crippen LogP contribution is -2.23. The molecule has 0 saturated heterocycles. The minimum atomic E-state index is -4.76. The summed E-state index contributed by atoms with van der Waals surface area (Å²) in [6.07, 6.45) is -3.60. The molecular weight excluding hydrogens is 541 g/mol. The van der Waals surface area contributed by atoms with Gasteiger partial charge in [-0.25, -0.2) is 9.67 Å². The fourth-order valence-corrected chi connectivity index (χ4v) is 3.84. The Hall–Kier alpha value is -4.84. The van der Waals surface area contributed by atoms with Crippen molar-refractivity contribution in [2.75, 3.05) is 12.4 Å². The van der Waals surface area contributed by atoms with Crippen LogP contribution in [0.25, 0.3) is 5.82 Å². The largest absolute Gasteiger partial charge is 0.455 e. The Morgan fingerprint density at radius 1 is 1.21 bits per heavy atom. The first-order chi connectivity index (χ1) is 18.5. The van der Waals surface area contributed by atoms with Crippen LogP contribution in [0.15, 0.2) is 36.5 Å². The van der Waals surface area contributed by atoms with E-state index in [0.29, 0.717) is 5.56 Å². The van der Waals surface area contributed by atoms with Crippen molar-refractivity contribution in [2.45, 2.75) is 26.1 Å². The normalized spacial score (nSPS) is 11.2. The molecule has 0 fully saturated rings. The summed E-state index contributed by atoms with van der Waals surface area (Å²) in [5, 5.41) is 28.7. The molecule has 0 spiro atoms. The number of nitriles is 1. The van der Waals surface area contributed by atoms with Crippen LogP contribution >= 0.6 is 11.6 Å². The lowest BCUT2D eigenvalue weighted by Gasteiger charge is -2.14. The van der Waals surface area contributed by atoms with Crippen LogP contribution in [0.5, 0.6) is 0 Å². The molecule has 2 amide bonds. The predicted octanol–water partition coefficient (Wildman–Crippen LogP) is 2.70. The van der Waals surface area contributed by atoms with Crippen LogP contribution in [0, 0.1) is 18.3 Å². The Balaban J connectivity index is 1.66. The first-order valence-electron chi connectivity index (χ1n) is 11.1. The van der Waals surface area contributed by atoms with E-state index < -0.39 is 23.8 Å². The zero-order chi connectivity index (χ0) is 28.3. The number of hydrogen-bond donors (Lipinski definition) is 2. The first kappa shape index (κ1) is 27.2. The van der Waals surface area contributed by atoms with Gasteiger partial charge < -0.3 is 10.6 Å². The van der Waals surface area contributed by atoms with E-state index in [2.05, 4.69) is 36.1 Å². The van der Waals surface area contributed by atoms with Crippen LogP contribution in [-0.2, 0) is 23.9 Å². The number of pyridine rings is 1. The molecule has 0 unspecified atom stereocenters. The van der Waals surface area contributed by atoms with Gasteiger partial charge in [0.05, 0.1) is 45.7 Å². The number of carbonyl (C=O) groups is 2. The molecule has 39 heavy (non-hydrogen) atoms. The molecule has 1 aromatic carbocycles. The predicted molar refractivity (Wildman–Crippen MR) is 130 cm³/mol. The number of rotatable bonds is 7. The molecule has 0 atom stereocenters. The van der Waals surface area contributed by atoms with Crippen molar-refractivity contribution in [3.05, 3.63) is 75.5 Å². The van der Waals surface area contributed by atoms with Crippen molar-refractivity contribution in [3.8, 4) is 11.9 Å². The molecule has 2 N–H and O–H groups in total. The van der Waals surface area contributed by atoms with Gasteiger partial charge in [-0.3, -0.25) is 9.59 Å². The lowest BCUT2D eigenvalue weighted by atomic mass is 10.0. The molecule has 0 aliphatic rings. The smallest absolute Gasteiger partial charge is 0.355 e. The van der Waals surface area contributed by atoms with E-state index in [1.54, 1.807) is 19.1 Å². The molecule has 0 aliphatic carbocycles. The van der Waals surface area contributed by atoms with Crippen LogP contribution in [0.2, 0.25) is 5.02 Å². The summed E-state index contributed by atoms with van der Waals surface area (Å²) in [6.45, 7) is 1.35. The second kappa shape index (κ2) is 10.9. The summed E-state index contributed by atoms with van der Waals surface area (Å²) in [4.78, 5) is 30.5. The van der Waals surface area contributed by atoms with Gasteiger partial charge in [0, 0.05) is 13.2 Å². The van der Waals surface area contributed by atoms with E-state index in [-0.39, 0.29) is 52.0 Å². The molecule has 12 nitrogen and oxygen atoms in total. The zero-order valence-electron chi connectivity index (χ0n) is 20.3. The Kier molecular flexibility index (Phi) is 7.58. The fraction of sp³-hybridized carbons (Fsp3) is 0.217. The average Bonchev–Trinajstić information content (AvgIpc) is 3.52. The second-order valence-corrected chi connectivity index (χ2v) is 8.53. The molecule has 0 aliphatic heterocycles. The molecule has 0 saturated carbocycles. The van der Waals surface area contributed by atoms with Gasteiger partial charge in [0.2, 0.25) is 5.91 Å². The second-order valence-electron chi connectivity index (χ2n) is 8.12. The third-order valence-corrected chi connectivity index (χ3v) is 5.62. The van der Waals surface area contributed by atoms with E-state index in [4.69, 9.17) is 11.6 Å². The van der Waals surface area contributed by atoms with E-state index in [0.717, 1.165) is 4.80 Å². The standard InChI is InChI=1S/C23H18ClF3N10O2/c1-12-6-13(10-28)7-16(21(39)29-2)19(12)31-18(38)9-15-8-14(11-36-34-22(32-35-36)23(25,26)27)33-37(15)20-17(24)4-3-5-30-20/h3-8H,9,11H2,1-2H3,(H,29,39)(H,31,38). The van der Waals surface area contributed by atoms with Crippen LogP contribution < -0.4 is 10.6 Å². The van der Waals surface area contributed by atoms with Gasteiger partial charge in [-0.15, -0.1) is 10.2 Å². The number of amides is 2. The number of anilines is 1. The SMILES string of the molecule is CNC(=O)c1cc(C#N)cc(C)c1NC(=O)Cc1cc(Cn2nnc(C(F)(F)F)n2)nn1-c1ncccc1Cl. The number of aromatic nitrogens is 7. The van der Waals surface area contributed by atoms with Gasteiger partial charge in [0.25, 0.3) is 11.7 Å². The Morgan fingerprint density at radius 2 is 1.97 bits per heavy atom. The van der Waals surface area contributed by atoms with Gasteiger partial charge in [0.15, 0.2) is 5.82 Å². The third-order valence-electron chi connectivity index (χ3n) is 5.33. The van der Waals surface area contributed by atoms with Crippen molar-refractivity contribution >= 4 is 29.1 Å². The summed E-state index contributed by atoms with van der Waals surface area (Å²) in [6, 6.07) is 9.46. The minimum Gasteiger partial charge on any atom is -0.355 e. The molecule has 4 aromatic rings. The van der Waals surface area contributed by atoms with E-state index in [9.17, 15) is 28.0 Å². The topological polar surface area (TPSA) is 156 Å². The van der Waals surface area contributed by atoms with E-state index in [1.165, 1.54) is 36.1 Å². The zero-order valence-corrected chi connectivity index (χ0v) is 21.0. The van der Waals surface area contributed by atoms with Gasteiger partial charge in [0.1, 0.15) is 6.54 Å². The minimum absolute atomic E-state index is 0.0992. The number of tetrazole rings is 1. The van der Waals surface area contributed by atoms with Crippen LogP contribution in [0.4, 0.5) is 18.9 Å². The van der Waals surface area contributed by atoms with Crippen molar-refractivity contribution in [3.63, 3.8) is 0 Å². The molecule has 16 heteroatoms. The number of hydrogen-bond acceptors (Lipinski definition) is 8.